The molecule has 1 aromatic rings. The maximum absolute atomic E-state index is 12.5. The van der Waals surface area contributed by atoms with Crippen LogP contribution in [0.15, 0.2) is 24.3 Å². The lowest BCUT2D eigenvalue weighted by Crippen LogP contribution is -2.52. The highest BCUT2D eigenvalue weighted by Gasteiger charge is 2.45. The molecule has 0 aromatic heterocycles. The SMILES string of the molecule is CN1CCC(NC(=O)N[C@@H]2CC3(CCC3)Oc3ccccc32)CC1. The van der Waals surface area contributed by atoms with E-state index < -0.39 is 0 Å². The molecule has 0 unspecified atom stereocenters. The zero-order valence-electron chi connectivity index (χ0n) is 14.4. The van der Waals surface area contributed by atoms with E-state index >= 15 is 0 Å². The van der Waals surface area contributed by atoms with Crippen LogP contribution in [0.5, 0.6) is 5.75 Å². The van der Waals surface area contributed by atoms with Crippen LogP contribution in [0, 0.1) is 0 Å². The summed E-state index contributed by atoms with van der Waals surface area (Å²) in [7, 11) is 2.13. The molecule has 1 saturated heterocycles. The number of likely N-dealkylation sites (tertiary alicyclic amines) is 1. The van der Waals surface area contributed by atoms with Gasteiger partial charge in [-0.15, -0.1) is 0 Å². The minimum atomic E-state index is -0.0557. The summed E-state index contributed by atoms with van der Waals surface area (Å²) in [5, 5.41) is 6.38. The average molecular weight is 329 g/mol. The van der Waals surface area contributed by atoms with Crippen LogP contribution in [0.2, 0.25) is 0 Å². The quantitative estimate of drug-likeness (QED) is 0.877. The first-order valence-electron chi connectivity index (χ1n) is 9.17. The van der Waals surface area contributed by atoms with Crippen LogP contribution in [0.1, 0.15) is 50.1 Å². The van der Waals surface area contributed by atoms with Crippen LogP contribution in [-0.4, -0.2) is 42.7 Å². The number of nitrogens with zero attached hydrogens (tertiary/aromatic N) is 1. The Balaban J connectivity index is 1.42. The summed E-state index contributed by atoms with van der Waals surface area (Å²) in [6, 6.07) is 8.41. The van der Waals surface area contributed by atoms with Crippen LogP contribution in [0.25, 0.3) is 0 Å². The predicted molar refractivity (Wildman–Crippen MR) is 93.2 cm³/mol. The lowest BCUT2D eigenvalue weighted by atomic mass is 9.73. The molecule has 2 amide bonds. The molecule has 5 heteroatoms. The predicted octanol–water partition coefficient (Wildman–Crippen LogP) is 2.83. The van der Waals surface area contributed by atoms with Gasteiger partial charge in [0, 0.05) is 18.0 Å². The van der Waals surface area contributed by atoms with E-state index in [9.17, 15) is 4.79 Å². The van der Waals surface area contributed by atoms with Gasteiger partial charge in [-0.2, -0.15) is 0 Å². The minimum Gasteiger partial charge on any atom is -0.487 e. The maximum atomic E-state index is 12.5. The van der Waals surface area contributed by atoms with Gasteiger partial charge in [-0.3, -0.25) is 0 Å². The highest BCUT2D eigenvalue weighted by molar-refractivity contribution is 5.75. The number of rotatable bonds is 2. The fraction of sp³-hybridized carbons (Fsp3) is 0.632. The normalized spacial score (nSPS) is 26.1. The van der Waals surface area contributed by atoms with Gasteiger partial charge >= 0.3 is 6.03 Å². The number of hydrogen-bond donors (Lipinski definition) is 2. The molecular formula is C19H27N3O2. The molecular weight excluding hydrogens is 302 g/mol. The Bertz CT molecular complexity index is 606. The van der Waals surface area contributed by atoms with Crippen molar-refractivity contribution < 1.29 is 9.53 Å². The lowest BCUT2D eigenvalue weighted by Gasteiger charge is -2.48. The molecule has 1 saturated carbocycles. The van der Waals surface area contributed by atoms with Crippen molar-refractivity contribution in [2.75, 3.05) is 20.1 Å². The minimum absolute atomic E-state index is 0.0410. The van der Waals surface area contributed by atoms with E-state index in [2.05, 4.69) is 28.6 Å². The first-order chi connectivity index (χ1) is 11.6. The first-order valence-corrected chi connectivity index (χ1v) is 9.17. The van der Waals surface area contributed by atoms with Gasteiger partial charge in [-0.05, 0) is 58.3 Å². The molecule has 1 aromatic carbocycles. The number of benzene rings is 1. The topological polar surface area (TPSA) is 53.6 Å². The fourth-order valence-electron chi connectivity index (χ4n) is 4.16. The molecule has 2 fully saturated rings. The third-order valence-electron chi connectivity index (χ3n) is 5.82. The van der Waals surface area contributed by atoms with Gasteiger partial charge in [-0.1, -0.05) is 18.2 Å². The smallest absolute Gasteiger partial charge is 0.315 e. The standard InChI is InChI=1S/C19H27N3O2/c1-22-11-7-14(8-12-22)20-18(23)21-16-13-19(9-4-10-19)24-17-6-3-2-5-15(16)17/h2-3,5-6,14,16H,4,7-13H2,1H3,(H2,20,21,23)/t16-/m1/s1. The Morgan fingerprint density at radius 2 is 1.96 bits per heavy atom. The molecule has 2 N–H and O–H groups in total. The number of fused-ring (bicyclic) bond motifs is 1. The van der Waals surface area contributed by atoms with Gasteiger partial charge in [0.1, 0.15) is 11.4 Å². The van der Waals surface area contributed by atoms with Gasteiger partial charge < -0.3 is 20.3 Å². The Kier molecular flexibility index (Phi) is 4.12. The molecule has 4 rings (SSSR count). The van der Waals surface area contributed by atoms with Crippen molar-refractivity contribution in [1.29, 1.82) is 0 Å². The summed E-state index contributed by atoms with van der Waals surface area (Å²) in [6.45, 7) is 2.10. The van der Waals surface area contributed by atoms with E-state index in [0.29, 0.717) is 0 Å². The maximum Gasteiger partial charge on any atom is 0.315 e. The number of urea groups is 1. The second kappa shape index (κ2) is 6.28. The van der Waals surface area contributed by atoms with E-state index in [-0.39, 0.29) is 23.7 Å². The largest absolute Gasteiger partial charge is 0.487 e. The van der Waals surface area contributed by atoms with Crippen LogP contribution >= 0.6 is 0 Å². The number of para-hydroxylation sites is 1. The van der Waals surface area contributed by atoms with Gasteiger partial charge in [0.15, 0.2) is 0 Å². The number of amides is 2. The van der Waals surface area contributed by atoms with Gasteiger partial charge in [-0.25, -0.2) is 4.79 Å². The molecule has 2 heterocycles. The fourth-order valence-corrected chi connectivity index (χ4v) is 4.16. The van der Waals surface area contributed by atoms with Crippen molar-refractivity contribution in [3.8, 4) is 5.75 Å². The van der Waals surface area contributed by atoms with Crippen LogP contribution in [-0.2, 0) is 0 Å². The van der Waals surface area contributed by atoms with Crippen molar-refractivity contribution in [3.63, 3.8) is 0 Å². The summed E-state index contributed by atoms with van der Waals surface area (Å²) in [5.41, 5.74) is 1.05. The molecule has 0 bridgehead atoms. The summed E-state index contributed by atoms with van der Waals surface area (Å²) < 4.78 is 6.25. The molecule has 130 valence electrons. The zero-order valence-corrected chi connectivity index (χ0v) is 14.4. The third-order valence-corrected chi connectivity index (χ3v) is 5.82. The molecule has 3 aliphatic rings. The molecule has 1 spiro atoms. The number of carbonyl (C=O) groups is 1. The average Bonchev–Trinajstić information content (AvgIpc) is 2.55. The highest BCUT2D eigenvalue weighted by Crippen LogP contribution is 2.48. The number of nitrogens with one attached hydrogen (secondary N) is 2. The van der Waals surface area contributed by atoms with Gasteiger partial charge in [0.25, 0.3) is 0 Å². The summed E-state index contributed by atoms with van der Waals surface area (Å²) >= 11 is 0. The van der Waals surface area contributed by atoms with Crippen molar-refractivity contribution in [1.82, 2.24) is 15.5 Å². The third kappa shape index (κ3) is 3.09. The number of ether oxygens (including phenoxy) is 1. The van der Waals surface area contributed by atoms with Crippen molar-refractivity contribution >= 4 is 6.03 Å². The molecule has 0 radical (unpaired) electrons. The van der Waals surface area contributed by atoms with E-state index in [1.54, 1.807) is 0 Å². The summed E-state index contributed by atoms with van der Waals surface area (Å²) in [6.07, 6.45) is 6.34. The van der Waals surface area contributed by atoms with Crippen molar-refractivity contribution in [2.24, 2.45) is 0 Å². The van der Waals surface area contributed by atoms with Gasteiger partial charge in [0.05, 0.1) is 6.04 Å². The van der Waals surface area contributed by atoms with Crippen molar-refractivity contribution in [2.45, 2.75) is 56.2 Å². The lowest BCUT2D eigenvalue weighted by molar-refractivity contribution is -0.0356. The molecule has 1 aliphatic carbocycles. The zero-order chi connectivity index (χ0) is 16.6. The monoisotopic (exact) mass is 329 g/mol. The molecule has 5 nitrogen and oxygen atoms in total. The Morgan fingerprint density at radius 1 is 1.21 bits per heavy atom. The number of carbonyl (C=O) groups excluding carboxylic acids is 1. The summed E-state index contributed by atoms with van der Waals surface area (Å²) in [4.78, 5) is 14.8. The Morgan fingerprint density at radius 3 is 2.67 bits per heavy atom. The molecule has 1 atom stereocenters. The summed E-state index contributed by atoms with van der Waals surface area (Å²) in [5.74, 6) is 0.938. The van der Waals surface area contributed by atoms with Crippen LogP contribution < -0.4 is 15.4 Å². The molecule has 24 heavy (non-hydrogen) atoms. The van der Waals surface area contributed by atoms with E-state index in [4.69, 9.17) is 4.74 Å². The van der Waals surface area contributed by atoms with Gasteiger partial charge in [0.2, 0.25) is 0 Å². The second-order valence-corrected chi connectivity index (χ2v) is 7.63. The van der Waals surface area contributed by atoms with E-state index in [1.165, 1.54) is 6.42 Å². The molecule has 2 aliphatic heterocycles. The van der Waals surface area contributed by atoms with E-state index in [0.717, 1.165) is 56.5 Å². The number of piperidine rings is 1. The number of hydrogen-bond acceptors (Lipinski definition) is 3. The Labute approximate surface area is 143 Å². The van der Waals surface area contributed by atoms with E-state index in [1.807, 2.05) is 18.2 Å². The van der Waals surface area contributed by atoms with Crippen LogP contribution in [0.3, 0.4) is 0 Å². The Hall–Kier alpha value is -1.75. The second-order valence-electron chi connectivity index (χ2n) is 7.63. The van der Waals surface area contributed by atoms with Crippen molar-refractivity contribution in [3.05, 3.63) is 29.8 Å². The van der Waals surface area contributed by atoms with Crippen LogP contribution in [0.4, 0.5) is 4.79 Å². The first kappa shape index (κ1) is 15.8. The highest BCUT2D eigenvalue weighted by atomic mass is 16.5.